The van der Waals surface area contributed by atoms with E-state index >= 15 is 0 Å². The SMILES string of the molecule is CCOC(=O)C(CC)C12CC3CC(CC(C3)C1)C2. The van der Waals surface area contributed by atoms with Gasteiger partial charge in [-0.15, -0.1) is 0 Å². The first kappa shape index (κ1) is 12.5. The second kappa shape index (κ2) is 4.54. The fourth-order valence-electron chi connectivity index (χ4n) is 5.70. The van der Waals surface area contributed by atoms with Crippen molar-refractivity contribution in [3.8, 4) is 0 Å². The van der Waals surface area contributed by atoms with Crippen molar-refractivity contribution < 1.29 is 9.53 Å². The van der Waals surface area contributed by atoms with E-state index in [0.29, 0.717) is 12.0 Å². The van der Waals surface area contributed by atoms with Crippen molar-refractivity contribution in [1.29, 1.82) is 0 Å². The number of rotatable bonds is 4. The molecule has 4 aliphatic carbocycles. The van der Waals surface area contributed by atoms with Crippen LogP contribution in [0.3, 0.4) is 0 Å². The molecule has 0 heterocycles. The van der Waals surface area contributed by atoms with Crippen LogP contribution in [0.5, 0.6) is 0 Å². The smallest absolute Gasteiger partial charge is 0.309 e. The average Bonchev–Trinajstić information content (AvgIpc) is 2.27. The molecule has 4 aliphatic rings. The predicted octanol–water partition coefficient (Wildman–Crippen LogP) is 3.79. The summed E-state index contributed by atoms with van der Waals surface area (Å²) in [5, 5.41) is 0. The van der Waals surface area contributed by atoms with Crippen molar-refractivity contribution in [1.82, 2.24) is 0 Å². The Morgan fingerprint density at radius 2 is 1.61 bits per heavy atom. The molecule has 1 unspecified atom stereocenters. The van der Waals surface area contributed by atoms with E-state index < -0.39 is 0 Å². The summed E-state index contributed by atoms with van der Waals surface area (Å²) in [6, 6.07) is 0. The first-order valence-corrected chi connectivity index (χ1v) is 7.83. The van der Waals surface area contributed by atoms with E-state index in [4.69, 9.17) is 4.74 Å². The third kappa shape index (κ3) is 1.88. The number of carbonyl (C=O) groups is 1. The highest BCUT2D eigenvalue weighted by atomic mass is 16.5. The third-order valence-corrected chi connectivity index (χ3v) is 5.80. The van der Waals surface area contributed by atoms with Gasteiger partial charge in [-0.1, -0.05) is 6.92 Å². The molecule has 0 N–H and O–H groups in total. The van der Waals surface area contributed by atoms with Crippen molar-refractivity contribution in [3.63, 3.8) is 0 Å². The van der Waals surface area contributed by atoms with Gasteiger partial charge < -0.3 is 4.74 Å². The maximum absolute atomic E-state index is 12.3. The Kier molecular flexibility index (Phi) is 3.15. The number of hydrogen-bond donors (Lipinski definition) is 0. The molecule has 1 atom stereocenters. The molecule has 0 aromatic rings. The molecular formula is C16H26O2. The molecule has 0 aromatic carbocycles. The quantitative estimate of drug-likeness (QED) is 0.710. The van der Waals surface area contributed by atoms with E-state index in [9.17, 15) is 4.79 Å². The Hall–Kier alpha value is -0.530. The van der Waals surface area contributed by atoms with Gasteiger partial charge >= 0.3 is 5.97 Å². The van der Waals surface area contributed by atoms with Crippen molar-refractivity contribution >= 4 is 5.97 Å². The summed E-state index contributed by atoms with van der Waals surface area (Å²) in [7, 11) is 0. The van der Waals surface area contributed by atoms with Crippen LogP contribution in [0.15, 0.2) is 0 Å². The van der Waals surface area contributed by atoms with Gasteiger partial charge in [-0.25, -0.2) is 0 Å². The summed E-state index contributed by atoms with van der Waals surface area (Å²) < 4.78 is 5.35. The van der Waals surface area contributed by atoms with Gasteiger partial charge in [0.1, 0.15) is 0 Å². The van der Waals surface area contributed by atoms with E-state index in [-0.39, 0.29) is 11.9 Å². The highest BCUT2D eigenvalue weighted by molar-refractivity contribution is 5.73. The molecule has 4 bridgehead atoms. The molecule has 18 heavy (non-hydrogen) atoms. The van der Waals surface area contributed by atoms with Crippen LogP contribution in [0, 0.1) is 29.1 Å². The summed E-state index contributed by atoms with van der Waals surface area (Å²) in [4.78, 5) is 12.3. The van der Waals surface area contributed by atoms with Crippen molar-refractivity contribution in [3.05, 3.63) is 0 Å². The zero-order chi connectivity index (χ0) is 12.8. The number of carbonyl (C=O) groups excluding carboxylic acids is 1. The van der Waals surface area contributed by atoms with Gasteiger partial charge in [0.25, 0.3) is 0 Å². The Balaban J connectivity index is 1.82. The van der Waals surface area contributed by atoms with Crippen LogP contribution in [0.1, 0.15) is 58.8 Å². The highest BCUT2D eigenvalue weighted by Gasteiger charge is 2.55. The Bertz CT molecular complexity index is 299. The molecule has 4 saturated carbocycles. The van der Waals surface area contributed by atoms with Gasteiger partial charge in [0.05, 0.1) is 12.5 Å². The maximum Gasteiger partial charge on any atom is 0.309 e. The lowest BCUT2D eigenvalue weighted by molar-refractivity contribution is -0.163. The van der Waals surface area contributed by atoms with Crippen LogP contribution in [0.25, 0.3) is 0 Å². The summed E-state index contributed by atoms with van der Waals surface area (Å²) in [6.45, 7) is 4.62. The summed E-state index contributed by atoms with van der Waals surface area (Å²) >= 11 is 0. The largest absolute Gasteiger partial charge is 0.466 e. The zero-order valence-electron chi connectivity index (χ0n) is 11.8. The Morgan fingerprint density at radius 3 is 2.00 bits per heavy atom. The van der Waals surface area contributed by atoms with Crippen molar-refractivity contribution in [2.24, 2.45) is 29.1 Å². The van der Waals surface area contributed by atoms with E-state index in [1.54, 1.807) is 0 Å². The molecule has 0 aliphatic heterocycles. The monoisotopic (exact) mass is 250 g/mol. The molecular weight excluding hydrogens is 224 g/mol. The Morgan fingerprint density at radius 1 is 1.11 bits per heavy atom. The van der Waals surface area contributed by atoms with Crippen molar-refractivity contribution in [2.75, 3.05) is 6.61 Å². The van der Waals surface area contributed by atoms with E-state index in [2.05, 4.69) is 6.92 Å². The first-order chi connectivity index (χ1) is 8.66. The fraction of sp³-hybridized carbons (Fsp3) is 0.938. The molecule has 4 fully saturated rings. The van der Waals surface area contributed by atoms with Crippen LogP contribution < -0.4 is 0 Å². The van der Waals surface area contributed by atoms with Gasteiger partial charge in [-0.2, -0.15) is 0 Å². The first-order valence-electron chi connectivity index (χ1n) is 7.83. The number of esters is 1. The van der Waals surface area contributed by atoms with Gasteiger partial charge in [0, 0.05) is 0 Å². The lowest BCUT2D eigenvalue weighted by Crippen LogP contribution is -2.51. The van der Waals surface area contributed by atoms with Crippen LogP contribution in [-0.2, 0) is 9.53 Å². The summed E-state index contributed by atoms with van der Waals surface area (Å²) in [5.41, 5.74) is 0.315. The lowest BCUT2D eigenvalue weighted by Gasteiger charge is -2.58. The Labute approximate surface area is 110 Å². The minimum absolute atomic E-state index is 0.0851. The summed E-state index contributed by atoms with van der Waals surface area (Å²) in [5.74, 6) is 3.01. The molecule has 2 heteroatoms. The van der Waals surface area contributed by atoms with Crippen molar-refractivity contribution in [2.45, 2.75) is 58.8 Å². The van der Waals surface area contributed by atoms with Gasteiger partial charge in [0.2, 0.25) is 0 Å². The third-order valence-electron chi connectivity index (χ3n) is 5.80. The topological polar surface area (TPSA) is 26.3 Å². The number of ether oxygens (including phenoxy) is 1. The van der Waals surface area contributed by atoms with Crippen LogP contribution in [-0.4, -0.2) is 12.6 Å². The predicted molar refractivity (Wildman–Crippen MR) is 71.0 cm³/mol. The van der Waals surface area contributed by atoms with E-state index in [0.717, 1.165) is 24.2 Å². The van der Waals surface area contributed by atoms with Gasteiger partial charge in [0.15, 0.2) is 0 Å². The number of hydrogen-bond acceptors (Lipinski definition) is 2. The molecule has 0 spiro atoms. The molecule has 4 rings (SSSR count). The fourth-order valence-corrected chi connectivity index (χ4v) is 5.70. The van der Waals surface area contributed by atoms with Crippen LogP contribution in [0.4, 0.5) is 0 Å². The van der Waals surface area contributed by atoms with Crippen LogP contribution in [0.2, 0.25) is 0 Å². The second-order valence-corrected chi connectivity index (χ2v) is 6.99. The van der Waals surface area contributed by atoms with E-state index in [1.807, 2.05) is 6.92 Å². The standard InChI is InChI=1S/C16H26O2/c1-3-14(15(17)18-4-2)16-8-11-5-12(9-16)7-13(6-11)10-16/h11-14H,3-10H2,1-2H3. The second-order valence-electron chi connectivity index (χ2n) is 6.99. The minimum atomic E-state index is 0.0851. The normalized spacial score (nSPS) is 42.9. The molecule has 0 radical (unpaired) electrons. The minimum Gasteiger partial charge on any atom is -0.466 e. The average molecular weight is 250 g/mol. The van der Waals surface area contributed by atoms with Crippen LogP contribution >= 0.6 is 0 Å². The molecule has 2 nitrogen and oxygen atoms in total. The molecule has 0 saturated heterocycles. The molecule has 0 amide bonds. The maximum atomic E-state index is 12.3. The van der Waals surface area contributed by atoms with E-state index in [1.165, 1.54) is 38.5 Å². The summed E-state index contributed by atoms with van der Waals surface area (Å²) in [6.07, 6.45) is 9.20. The highest BCUT2D eigenvalue weighted by Crippen LogP contribution is 2.63. The zero-order valence-corrected chi connectivity index (χ0v) is 11.8. The molecule has 0 aromatic heterocycles. The van der Waals surface area contributed by atoms with Gasteiger partial charge in [-0.05, 0) is 75.0 Å². The van der Waals surface area contributed by atoms with Gasteiger partial charge in [-0.3, -0.25) is 4.79 Å². The molecule has 102 valence electrons. The lowest BCUT2D eigenvalue weighted by atomic mass is 9.46.